The molecule has 0 saturated heterocycles. The molecule has 0 radical (unpaired) electrons. The number of aromatic nitrogens is 1. The van der Waals surface area contributed by atoms with Gasteiger partial charge >= 0.3 is 0 Å². The first kappa shape index (κ1) is 19.5. The van der Waals surface area contributed by atoms with E-state index in [-0.39, 0.29) is 0 Å². The smallest absolute Gasteiger partial charge is 0.0532 e. The van der Waals surface area contributed by atoms with Gasteiger partial charge in [-0.05, 0) is 75.0 Å². The third-order valence-corrected chi connectivity index (χ3v) is 5.15. The Morgan fingerprint density at radius 2 is 1.96 bits per heavy atom. The summed E-state index contributed by atoms with van der Waals surface area (Å²) >= 11 is 3.50. The maximum atomic E-state index is 3.77. The van der Waals surface area contributed by atoms with Gasteiger partial charge in [0.15, 0.2) is 0 Å². The van der Waals surface area contributed by atoms with Crippen LogP contribution < -0.4 is 0 Å². The van der Waals surface area contributed by atoms with Crippen molar-refractivity contribution in [1.29, 1.82) is 0 Å². The van der Waals surface area contributed by atoms with Crippen LogP contribution in [0.15, 0.2) is 65.8 Å². The van der Waals surface area contributed by atoms with E-state index in [9.17, 15) is 0 Å². The summed E-state index contributed by atoms with van der Waals surface area (Å²) in [7, 11) is 2.11. The second-order valence-electron chi connectivity index (χ2n) is 6.85. The Morgan fingerprint density at radius 1 is 1.19 bits per heavy atom. The molecule has 0 amide bonds. The van der Waals surface area contributed by atoms with Crippen molar-refractivity contribution in [1.82, 2.24) is 9.47 Å². The molecular weight excluding hydrogens is 396 g/mol. The van der Waals surface area contributed by atoms with Gasteiger partial charge in [0.05, 0.1) is 5.52 Å². The SMILES string of the molecule is C=CCN(C)CCCC#Cc1ccc2c(c1)c(C)cn2-c1ccc(Br)cc1. The molecule has 0 aliphatic heterocycles. The summed E-state index contributed by atoms with van der Waals surface area (Å²) < 4.78 is 3.33. The van der Waals surface area contributed by atoms with E-state index in [1.54, 1.807) is 0 Å². The largest absolute Gasteiger partial charge is 0.316 e. The fraction of sp³-hybridized carbons (Fsp3) is 0.250. The fourth-order valence-electron chi connectivity index (χ4n) is 3.20. The van der Waals surface area contributed by atoms with Crippen molar-refractivity contribution in [2.24, 2.45) is 0 Å². The van der Waals surface area contributed by atoms with Gasteiger partial charge in [0, 0.05) is 40.3 Å². The first-order valence-corrected chi connectivity index (χ1v) is 10.0. The summed E-state index contributed by atoms with van der Waals surface area (Å²) in [5.41, 5.74) is 4.73. The molecule has 0 spiro atoms. The zero-order valence-corrected chi connectivity index (χ0v) is 17.6. The van der Waals surface area contributed by atoms with E-state index in [0.29, 0.717) is 0 Å². The van der Waals surface area contributed by atoms with E-state index in [1.165, 1.54) is 22.2 Å². The van der Waals surface area contributed by atoms with Crippen LogP contribution in [-0.4, -0.2) is 29.6 Å². The van der Waals surface area contributed by atoms with Crippen molar-refractivity contribution < 1.29 is 0 Å². The van der Waals surface area contributed by atoms with Crippen LogP contribution in [0.5, 0.6) is 0 Å². The van der Waals surface area contributed by atoms with Gasteiger partial charge in [0.2, 0.25) is 0 Å². The van der Waals surface area contributed by atoms with Crippen molar-refractivity contribution >= 4 is 26.8 Å². The molecule has 1 aromatic heterocycles. The van der Waals surface area contributed by atoms with E-state index >= 15 is 0 Å². The predicted molar refractivity (Wildman–Crippen MR) is 120 cm³/mol. The molecule has 1 heterocycles. The highest BCUT2D eigenvalue weighted by atomic mass is 79.9. The molecule has 138 valence electrons. The summed E-state index contributed by atoms with van der Waals surface area (Å²) in [5, 5.41) is 1.26. The Labute approximate surface area is 170 Å². The van der Waals surface area contributed by atoms with Crippen LogP contribution in [0.3, 0.4) is 0 Å². The second kappa shape index (κ2) is 9.08. The lowest BCUT2D eigenvalue weighted by molar-refractivity contribution is 0.366. The lowest BCUT2D eigenvalue weighted by Crippen LogP contribution is -2.19. The van der Waals surface area contributed by atoms with Crippen LogP contribution in [0.25, 0.3) is 16.6 Å². The minimum Gasteiger partial charge on any atom is -0.316 e. The Hall–Kier alpha value is -2.28. The van der Waals surface area contributed by atoms with Crippen LogP contribution in [0.2, 0.25) is 0 Å². The second-order valence-corrected chi connectivity index (χ2v) is 7.76. The van der Waals surface area contributed by atoms with Crippen molar-refractivity contribution in [2.75, 3.05) is 20.1 Å². The van der Waals surface area contributed by atoms with E-state index in [0.717, 1.165) is 36.0 Å². The maximum Gasteiger partial charge on any atom is 0.0532 e. The molecule has 0 aliphatic carbocycles. The number of nitrogens with zero attached hydrogens (tertiary/aromatic N) is 2. The van der Waals surface area contributed by atoms with Crippen LogP contribution in [-0.2, 0) is 0 Å². The molecule has 2 nitrogen and oxygen atoms in total. The van der Waals surface area contributed by atoms with Gasteiger partial charge in [-0.1, -0.05) is 33.8 Å². The maximum absolute atomic E-state index is 3.77. The number of hydrogen-bond acceptors (Lipinski definition) is 1. The van der Waals surface area contributed by atoms with E-state index in [4.69, 9.17) is 0 Å². The summed E-state index contributed by atoms with van der Waals surface area (Å²) in [4.78, 5) is 2.26. The van der Waals surface area contributed by atoms with Crippen LogP contribution in [0, 0.1) is 18.8 Å². The molecule has 3 heteroatoms. The van der Waals surface area contributed by atoms with Crippen LogP contribution in [0.4, 0.5) is 0 Å². The van der Waals surface area contributed by atoms with Crippen molar-refractivity contribution in [3.63, 3.8) is 0 Å². The molecule has 27 heavy (non-hydrogen) atoms. The van der Waals surface area contributed by atoms with Gasteiger partial charge in [-0.15, -0.1) is 6.58 Å². The average molecular weight is 421 g/mol. The topological polar surface area (TPSA) is 8.17 Å². The Kier molecular flexibility index (Phi) is 6.55. The molecule has 0 N–H and O–H groups in total. The number of rotatable bonds is 6. The summed E-state index contributed by atoms with van der Waals surface area (Å²) in [6, 6.07) is 14.9. The van der Waals surface area contributed by atoms with Gasteiger partial charge < -0.3 is 9.47 Å². The third kappa shape index (κ3) is 4.91. The molecule has 2 aromatic carbocycles. The lowest BCUT2D eigenvalue weighted by Gasteiger charge is -2.12. The van der Waals surface area contributed by atoms with E-state index in [1.807, 2.05) is 6.08 Å². The number of unbranched alkanes of at least 4 members (excludes halogenated alkanes) is 1. The predicted octanol–water partition coefficient (Wildman–Crippen LogP) is 5.95. The quantitative estimate of drug-likeness (QED) is 0.271. The molecule has 0 saturated carbocycles. The third-order valence-electron chi connectivity index (χ3n) is 4.62. The Morgan fingerprint density at radius 3 is 2.70 bits per heavy atom. The van der Waals surface area contributed by atoms with Gasteiger partial charge in [-0.2, -0.15) is 0 Å². The van der Waals surface area contributed by atoms with E-state index < -0.39 is 0 Å². The summed E-state index contributed by atoms with van der Waals surface area (Å²) in [6.45, 7) is 7.90. The minimum absolute atomic E-state index is 0.915. The molecule has 0 bridgehead atoms. The van der Waals surface area contributed by atoms with Crippen molar-refractivity contribution in [3.8, 4) is 17.5 Å². The summed E-state index contributed by atoms with van der Waals surface area (Å²) in [5.74, 6) is 6.64. The fourth-order valence-corrected chi connectivity index (χ4v) is 3.47. The number of benzene rings is 2. The zero-order valence-electron chi connectivity index (χ0n) is 16.0. The zero-order chi connectivity index (χ0) is 19.2. The lowest BCUT2D eigenvalue weighted by atomic mass is 10.1. The van der Waals surface area contributed by atoms with Crippen LogP contribution >= 0.6 is 15.9 Å². The Balaban J connectivity index is 1.75. The number of hydrogen-bond donors (Lipinski definition) is 0. The number of likely N-dealkylation sites (N-methyl/N-ethyl adjacent to an activating group) is 1. The standard InChI is InChI=1S/C24H25BrN2/c1-4-15-26(3)16-7-5-6-8-20-9-14-24-23(17-20)19(2)18-27(24)22-12-10-21(25)11-13-22/h4,9-14,17-18H,1,5,7,15-16H2,2-3H3. The molecular formula is C24H25BrN2. The van der Waals surface area contributed by atoms with Crippen LogP contribution in [0.1, 0.15) is 24.0 Å². The molecule has 3 rings (SSSR count). The molecule has 0 aliphatic rings. The van der Waals surface area contributed by atoms with Gasteiger partial charge in [-0.25, -0.2) is 0 Å². The summed E-state index contributed by atoms with van der Waals surface area (Å²) in [6.07, 6.45) is 6.13. The Bertz CT molecular complexity index is 987. The normalized spacial score (nSPS) is 10.8. The first-order chi connectivity index (χ1) is 13.1. The minimum atomic E-state index is 0.915. The molecule has 0 unspecified atom stereocenters. The van der Waals surface area contributed by atoms with Gasteiger partial charge in [0.1, 0.15) is 0 Å². The highest BCUT2D eigenvalue weighted by molar-refractivity contribution is 9.10. The monoisotopic (exact) mass is 420 g/mol. The van der Waals surface area contributed by atoms with Gasteiger partial charge in [-0.3, -0.25) is 0 Å². The van der Waals surface area contributed by atoms with Gasteiger partial charge in [0.25, 0.3) is 0 Å². The molecule has 3 aromatic rings. The van der Waals surface area contributed by atoms with E-state index in [2.05, 4.69) is 106 Å². The highest BCUT2D eigenvalue weighted by Crippen LogP contribution is 2.26. The molecule has 0 atom stereocenters. The van der Waals surface area contributed by atoms with Crippen molar-refractivity contribution in [3.05, 3.63) is 76.9 Å². The first-order valence-electron chi connectivity index (χ1n) is 9.24. The average Bonchev–Trinajstić information content (AvgIpc) is 2.99. The van der Waals surface area contributed by atoms with Crippen molar-refractivity contribution in [2.45, 2.75) is 19.8 Å². The number of aryl methyl sites for hydroxylation is 1. The number of halogens is 1. The molecule has 0 fully saturated rings. The highest BCUT2D eigenvalue weighted by Gasteiger charge is 2.07. The number of fused-ring (bicyclic) bond motifs is 1.